The van der Waals surface area contributed by atoms with E-state index in [0.717, 1.165) is 19.3 Å². The number of nitrogens with two attached hydrogens (primary N) is 1. The number of amides is 1. The Hall–Kier alpha value is -1.70. The number of benzene rings is 1. The number of aliphatic hydroxyl groups excluding tert-OH is 1. The van der Waals surface area contributed by atoms with Gasteiger partial charge in [-0.2, -0.15) is 0 Å². The predicted octanol–water partition coefficient (Wildman–Crippen LogP) is 1.07. The van der Waals surface area contributed by atoms with E-state index in [2.05, 4.69) is 5.32 Å². The summed E-state index contributed by atoms with van der Waals surface area (Å²) < 4.78 is 16.1. The molecule has 2 aliphatic carbocycles. The molecule has 1 aromatic carbocycles. The van der Waals surface area contributed by atoms with Crippen molar-refractivity contribution in [2.75, 3.05) is 19.9 Å². The van der Waals surface area contributed by atoms with Gasteiger partial charge in [0.2, 0.25) is 12.7 Å². The van der Waals surface area contributed by atoms with Crippen molar-refractivity contribution in [1.29, 1.82) is 0 Å². The third kappa shape index (κ3) is 3.70. The number of aliphatic hydroxyl groups is 1. The zero-order chi connectivity index (χ0) is 17.4. The fraction of sp³-hybridized carbons (Fsp3) is 0.611. The van der Waals surface area contributed by atoms with Crippen LogP contribution in [-0.4, -0.2) is 43.1 Å². The second-order valence-electron chi connectivity index (χ2n) is 7.16. The van der Waals surface area contributed by atoms with Gasteiger partial charge in [0, 0.05) is 18.7 Å². The summed E-state index contributed by atoms with van der Waals surface area (Å²) in [6, 6.07) is 5.21. The van der Waals surface area contributed by atoms with E-state index in [1.807, 2.05) is 0 Å². The molecule has 2 fully saturated rings. The van der Waals surface area contributed by atoms with E-state index in [4.69, 9.17) is 19.9 Å². The monoisotopic (exact) mass is 384 g/mol. The number of ether oxygens (including phenoxy) is 3. The Balaban J connectivity index is 0.00000196. The van der Waals surface area contributed by atoms with Crippen molar-refractivity contribution < 1.29 is 24.1 Å². The van der Waals surface area contributed by atoms with Crippen molar-refractivity contribution in [3.8, 4) is 17.2 Å². The number of rotatable bonds is 6. The van der Waals surface area contributed by atoms with Crippen molar-refractivity contribution in [3.63, 3.8) is 0 Å². The van der Waals surface area contributed by atoms with Gasteiger partial charge in [-0.05, 0) is 43.2 Å². The lowest BCUT2D eigenvalue weighted by atomic mass is 9.84. The van der Waals surface area contributed by atoms with Crippen LogP contribution in [0.15, 0.2) is 18.2 Å². The summed E-state index contributed by atoms with van der Waals surface area (Å²) in [5, 5.41) is 12.9. The largest absolute Gasteiger partial charge is 0.491 e. The van der Waals surface area contributed by atoms with Crippen molar-refractivity contribution in [3.05, 3.63) is 18.2 Å². The maximum Gasteiger partial charge on any atom is 0.231 e. The summed E-state index contributed by atoms with van der Waals surface area (Å²) in [5.74, 6) is 2.64. The third-order valence-corrected chi connectivity index (χ3v) is 5.58. The van der Waals surface area contributed by atoms with Crippen LogP contribution in [0.4, 0.5) is 0 Å². The first-order valence-electron chi connectivity index (χ1n) is 8.85. The van der Waals surface area contributed by atoms with E-state index < -0.39 is 6.10 Å². The zero-order valence-electron chi connectivity index (χ0n) is 14.4. The standard InChI is InChI=1S/C18H24N2O5.ClH/c19-17-11-2-1-10(5-11)16(17)18(22)20-7-12(21)8-23-13-3-4-14-15(6-13)25-9-24-14;/h3-4,6,10-12,16-17,21H,1-2,5,7-9,19H2,(H,20,22);1H. The van der Waals surface area contributed by atoms with Crippen LogP contribution in [0.2, 0.25) is 0 Å². The Morgan fingerprint density at radius 2 is 2.08 bits per heavy atom. The van der Waals surface area contributed by atoms with Crippen molar-refractivity contribution in [2.45, 2.75) is 31.4 Å². The van der Waals surface area contributed by atoms with Gasteiger partial charge in [-0.15, -0.1) is 12.4 Å². The molecule has 0 saturated heterocycles. The van der Waals surface area contributed by atoms with Gasteiger partial charge >= 0.3 is 0 Å². The SMILES string of the molecule is Cl.NC1C2CCC(C2)C1C(=O)NCC(O)COc1ccc2c(c1)OCO2. The maximum atomic E-state index is 12.4. The van der Waals surface area contributed by atoms with Crippen LogP contribution < -0.4 is 25.3 Å². The Labute approximate surface area is 158 Å². The number of nitrogens with one attached hydrogen (secondary N) is 1. The normalized spacial score (nSPS) is 29.2. The Kier molecular flexibility index (Phi) is 5.79. The molecule has 7 nitrogen and oxygen atoms in total. The molecular weight excluding hydrogens is 360 g/mol. The third-order valence-electron chi connectivity index (χ3n) is 5.58. The van der Waals surface area contributed by atoms with Crippen LogP contribution >= 0.6 is 12.4 Å². The summed E-state index contributed by atoms with van der Waals surface area (Å²) >= 11 is 0. The number of hydrogen-bond donors (Lipinski definition) is 3. The van der Waals surface area contributed by atoms with Crippen LogP contribution in [0, 0.1) is 17.8 Å². The molecule has 0 spiro atoms. The number of carbonyl (C=O) groups is 1. The van der Waals surface area contributed by atoms with Gasteiger partial charge in [-0.1, -0.05) is 0 Å². The lowest BCUT2D eigenvalue weighted by Gasteiger charge is -2.27. The first kappa shape index (κ1) is 19.1. The first-order valence-corrected chi connectivity index (χ1v) is 8.85. The van der Waals surface area contributed by atoms with E-state index in [1.54, 1.807) is 18.2 Å². The summed E-state index contributed by atoms with van der Waals surface area (Å²) in [7, 11) is 0. The van der Waals surface area contributed by atoms with E-state index in [-0.39, 0.29) is 50.2 Å². The molecule has 4 N–H and O–H groups in total. The summed E-state index contributed by atoms with van der Waals surface area (Å²) in [6.07, 6.45) is 2.51. The highest BCUT2D eigenvalue weighted by molar-refractivity contribution is 5.85. The fourth-order valence-corrected chi connectivity index (χ4v) is 4.28. The molecule has 1 aromatic rings. The average molecular weight is 385 g/mol. The predicted molar refractivity (Wildman–Crippen MR) is 96.6 cm³/mol. The van der Waals surface area contributed by atoms with E-state index in [1.165, 1.54) is 0 Å². The molecule has 1 aliphatic heterocycles. The van der Waals surface area contributed by atoms with Gasteiger partial charge in [-0.25, -0.2) is 0 Å². The van der Waals surface area contributed by atoms with Gasteiger partial charge < -0.3 is 30.4 Å². The molecule has 1 heterocycles. The lowest BCUT2D eigenvalue weighted by molar-refractivity contribution is -0.127. The molecule has 1 amide bonds. The highest BCUT2D eigenvalue weighted by Gasteiger charge is 2.48. The number of halogens is 1. The minimum atomic E-state index is -0.788. The topological polar surface area (TPSA) is 103 Å². The van der Waals surface area contributed by atoms with Crippen molar-refractivity contribution in [2.24, 2.45) is 23.5 Å². The van der Waals surface area contributed by atoms with Crippen molar-refractivity contribution >= 4 is 18.3 Å². The second-order valence-corrected chi connectivity index (χ2v) is 7.16. The van der Waals surface area contributed by atoms with Crippen LogP contribution in [0.25, 0.3) is 0 Å². The molecule has 8 heteroatoms. The van der Waals surface area contributed by atoms with E-state index in [0.29, 0.717) is 29.1 Å². The molecule has 4 rings (SSSR count). The van der Waals surface area contributed by atoms with Gasteiger partial charge in [0.05, 0.1) is 5.92 Å². The summed E-state index contributed by atoms with van der Waals surface area (Å²) in [6.45, 7) is 0.450. The first-order chi connectivity index (χ1) is 12.1. The number of hydrogen-bond acceptors (Lipinski definition) is 6. The van der Waals surface area contributed by atoms with Gasteiger partial charge in [-0.3, -0.25) is 4.79 Å². The van der Waals surface area contributed by atoms with E-state index >= 15 is 0 Å². The molecule has 3 aliphatic rings. The maximum absolute atomic E-state index is 12.4. The minimum absolute atomic E-state index is 0. The van der Waals surface area contributed by atoms with E-state index in [9.17, 15) is 9.90 Å². The molecule has 5 atom stereocenters. The highest BCUT2D eigenvalue weighted by atomic mass is 35.5. The smallest absolute Gasteiger partial charge is 0.231 e. The molecule has 0 radical (unpaired) electrons. The average Bonchev–Trinajstić information content (AvgIpc) is 3.32. The van der Waals surface area contributed by atoms with Gasteiger partial charge in [0.15, 0.2) is 11.5 Å². The second kappa shape index (κ2) is 7.90. The summed E-state index contributed by atoms with van der Waals surface area (Å²) in [5.41, 5.74) is 6.18. The summed E-state index contributed by atoms with van der Waals surface area (Å²) in [4.78, 5) is 12.4. The Morgan fingerprint density at radius 3 is 2.85 bits per heavy atom. The molecule has 144 valence electrons. The van der Waals surface area contributed by atoms with Crippen molar-refractivity contribution in [1.82, 2.24) is 5.32 Å². The van der Waals surface area contributed by atoms with Crippen LogP contribution in [0.5, 0.6) is 17.2 Å². The lowest BCUT2D eigenvalue weighted by Crippen LogP contribution is -2.47. The van der Waals surface area contributed by atoms with Crippen LogP contribution in [0.3, 0.4) is 0 Å². The number of fused-ring (bicyclic) bond motifs is 3. The zero-order valence-corrected chi connectivity index (χ0v) is 15.2. The molecule has 2 bridgehead atoms. The molecule has 5 unspecified atom stereocenters. The molecule has 26 heavy (non-hydrogen) atoms. The van der Waals surface area contributed by atoms with Gasteiger partial charge in [0.1, 0.15) is 18.5 Å². The molecular formula is C18H25ClN2O5. The van der Waals surface area contributed by atoms with Crippen LogP contribution in [0.1, 0.15) is 19.3 Å². The quantitative estimate of drug-likeness (QED) is 0.677. The Bertz CT molecular complexity index is 656. The highest BCUT2D eigenvalue weighted by Crippen LogP contribution is 2.47. The fourth-order valence-electron chi connectivity index (χ4n) is 4.28. The Morgan fingerprint density at radius 1 is 1.31 bits per heavy atom. The van der Waals surface area contributed by atoms with Crippen LogP contribution in [-0.2, 0) is 4.79 Å². The molecule has 2 saturated carbocycles. The minimum Gasteiger partial charge on any atom is -0.491 e. The number of carbonyl (C=O) groups excluding carboxylic acids is 1. The van der Waals surface area contributed by atoms with Gasteiger partial charge in [0.25, 0.3) is 0 Å². The molecule has 0 aromatic heterocycles.